The van der Waals surface area contributed by atoms with Gasteiger partial charge in [-0.2, -0.15) is 0 Å². The summed E-state index contributed by atoms with van der Waals surface area (Å²) in [6, 6.07) is 4.68. The second-order valence-electron chi connectivity index (χ2n) is 5.00. The van der Waals surface area contributed by atoms with Gasteiger partial charge in [-0.05, 0) is 31.4 Å². The van der Waals surface area contributed by atoms with Gasteiger partial charge in [0.15, 0.2) is 11.5 Å². The highest BCUT2D eigenvalue weighted by molar-refractivity contribution is 5.60. The Hall–Kier alpha value is -1.38. The molecule has 0 aromatic heterocycles. The van der Waals surface area contributed by atoms with Crippen molar-refractivity contribution in [2.24, 2.45) is 0 Å². The maximum Gasteiger partial charge on any atom is 0.162 e. The zero-order valence-corrected chi connectivity index (χ0v) is 11.6. The van der Waals surface area contributed by atoms with E-state index in [2.05, 4.69) is 12.2 Å². The molecule has 1 N–H and O–H groups in total. The molecule has 0 heterocycles. The highest BCUT2D eigenvalue weighted by Gasteiger charge is 2.15. The van der Waals surface area contributed by atoms with Crippen LogP contribution in [0, 0.1) is 6.92 Å². The van der Waals surface area contributed by atoms with Gasteiger partial charge < -0.3 is 14.8 Å². The number of ether oxygens (including phenoxy) is 2. The van der Waals surface area contributed by atoms with Gasteiger partial charge in [0.1, 0.15) is 0 Å². The van der Waals surface area contributed by atoms with Gasteiger partial charge in [-0.25, -0.2) is 0 Å². The van der Waals surface area contributed by atoms with E-state index in [0.29, 0.717) is 6.04 Å². The number of hydrogen-bond donors (Lipinski definition) is 1. The lowest BCUT2D eigenvalue weighted by Crippen LogP contribution is -2.22. The van der Waals surface area contributed by atoms with E-state index in [4.69, 9.17) is 9.47 Å². The highest BCUT2D eigenvalue weighted by atomic mass is 16.5. The predicted octanol–water partition coefficient (Wildman–Crippen LogP) is 3.76. The first kappa shape index (κ1) is 13.1. The molecule has 0 atom stereocenters. The van der Waals surface area contributed by atoms with Crippen LogP contribution in [0.4, 0.5) is 5.69 Å². The van der Waals surface area contributed by atoms with Crippen molar-refractivity contribution in [2.75, 3.05) is 19.5 Å². The van der Waals surface area contributed by atoms with Crippen molar-refractivity contribution in [3.8, 4) is 11.5 Å². The minimum absolute atomic E-state index is 0.607. The van der Waals surface area contributed by atoms with Gasteiger partial charge in [0.25, 0.3) is 0 Å². The van der Waals surface area contributed by atoms with Crippen LogP contribution in [0.25, 0.3) is 0 Å². The third-order valence-electron chi connectivity index (χ3n) is 3.70. The van der Waals surface area contributed by atoms with Crippen LogP contribution in [0.3, 0.4) is 0 Å². The van der Waals surface area contributed by atoms with Crippen LogP contribution in [-0.4, -0.2) is 20.3 Å². The Morgan fingerprint density at radius 2 is 1.61 bits per heavy atom. The van der Waals surface area contributed by atoms with Gasteiger partial charge in [0.2, 0.25) is 0 Å². The average molecular weight is 249 g/mol. The van der Waals surface area contributed by atoms with Crippen LogP contribution in [0.5, 0.6) is 11.5 Å². The summed E-state index contributed by atoms with van der Waals surface area (Å²) in [6.45, 7) is 2.10. The summed E-state index contributed by atoms with van der Waals surface area (Å²) in [5.74, 6) is 1.59. The topological polar surface area (TPSA) is 30.5 Å². The normalized spacial score (nSPS) is 16.4. The Bertz CT molecular complexity index is 398. The highest BCUT2D eigenvalue weighted by Crippen LogP contribution is 2.34. The Balaban J connectivity index is 2.16. The summed E-state index contributed by atoms with van der Waals surface area (Å²) >= 11 is 0. The van der Waals surface area contributed by atoms with E-state index in [0.717, 1.165) is 11.5 Å². The van der Waals surface area contributed by atoms with Crippen LogP contribution in [0.15, 0.2) is 12.1 Å². The molecule has 0 unspecified atom stereocenters. The van der Waals surface area contributed by atoms with E-state index in [1.807, 2.05) is 12.1 Å². The SMILES string of the molecule is COc1cc(C)c(NC2CCCCC2)cc1OC. The number of methoxy groups -OCH3 is 2. The molecule has 18 heavy (non-hydrogen) atoms. The maximum absolute atomic E-state index is 5.36. The first-order valence-electron chi connectivity index (χ1n) is 6.73. The van der Waals surface area contributed by atoms with E-state index in [1.54, 1.807) is 14.2 Å². The lowest BCUT2D eigenvalue weighted by molar-refractivity contribution is 0.354. The summed E-state index contributed by atoms with van der Waals surface area (Å²) in [5, 5.41) is 3.64. The fourth-order valence-corrected chi connectivity index (χ4v) is 2.60. The van der Waals surface area contributed by atoms with Crippen molar-refractivity contribution >= 4 is 5.69 Å². The number of anilines is 1. The fourth-order valence-electron chi connectivity index (χ4n) is 2.60. The Labute approximate surface area is 109 Å². The maximum atomic E-state index is 5.36. The summed E-state index contributed by atoms with van der Waals surface area (Å²) in [6.07, 6.45) is 6.60. The van der Waals surface area contributed by atoms with Gasteiger partial charge in [-0.3, -0.25) is 0 Å². The van der Waals surface area contributed by atoms with Crippen LogP contribution >= 0.6 is 0 Å². The monoisotopic (exact) mass is 249 g/mol. The van der Waals surface area contributed by atoms with Crippen LogP contribution in [0.1, 0.15) is 37.7 Å². The minimum Gasteiger partial charge on any atom is -0.493 e. The van der Waals surface area contributed by atoms with E-state index in [1.165, 1.54) is 43.4 Å². The van der Waals surface area contributed by atoms with Gasteiger partial charge in [-0.15, -0.1) is 0 Å². The average Bonchev–Trinajstić information content (AvgIpc) is 2.41. The Morgan fingerprint density at radius 3 is 2.22 bits per heavy atom. The zero-order valence-electron chi connectivity index (χ0n) is 11.6. The molecule has 0 saturated heterocycles. The van der Waals surface area contributed by atoms with Crippen LogP contribution < -0.4 is 14.8 Å². The van der Waals surface area contributed by atoms with Crippen molar-refractivity contribution in [2.45, 2.75) is 45.1 Å². The molecule has 0 radical (unpaired) electrons. The Morgan fingerprint density at radius 1 is 1.00 bits per heavy atom. The van der Waals surface area contributed by atoms with E-state index >= 15 is 0 Å². The molecule has 1 aliphatic carbocycles. The lowest BCUT2D eigenvalue weighted by atomic mass is 9.95. The molecule has 0 amide bonds. The molecule has 1 aliphatic rings. The third kappa shape index (κ3) is 2.89. The largest absolute Gasteiger partial charge is 0.493 e. The minimum atomic E-state index is 0.607. The molecule has 1 saturated carbocycles. The number of rotatable bonds is 4. The summed E-state index contributed by atoms with van der Waals surface area (Å²) < 4.78 is 10.7. The number of benzene rings is 1. The number of nitrogens with one attached hydrogen (secondary N) is 1. The summed E-state index contributed by atoms with van der Waals surface area (Å²) in [5.41, 5.74) is 2.37. The Kier molecular flexibility index (Phi) is 4.34. The molecule has 1 aromatic carbocycles. The predicted molar refractivity (Wildman–Crippen MR) is 74.8 cm³/mol. The van der Waals surface area contributed by atoms with Crippen molar-refractivity contribution < 1.29 is 9.47 Å². The third-order valence-corrected chi connectivity index (χ3v) is 3.70. The first-order chi connectivity index (χ1) is 8.74. The van der Waals surface area contributed by atoms with Crippen molar-refractivity contribution in [3.63, 3.8) is 0 Å². The molecule has 0 spiro atoms. The molecule has 0 bridgehead atoms. The van der Waals surface area contributed by atoms with Gasteiger partial charge in [0.05, 0.1) is 14.2 Å². The first-order valence-corrected chi connectivity index (χ1v) is 6.73. The van der Waals surface area contributed by atoms with Crippen molar-refractivity contribution in [3.05, 3.63) is 17.7 Å². The fraction of sp³-hybridized carbons (Fsp3) is 0.600. The standard InChI is InChI=1S/C15H23NO2/c1-11-9-14(17-2)15(18-3)10-13(11)16-12-7-5-4-6-8-12/h9-10,12,16H,4-8H2,1-3H3. The molecule has 1 aromatic rings. The molecular formula is C15H23NO2. The number of hydrogen-bond acceptors (Lipinski definition) is 3. The molecule has 0 aliphatic heterocycles. The quantitative estimate of drug-likeness (QED) is 0.881. The zero-order chi connectivity index (χ0) is 13.0. The molecule has 3 nitrogen and oxygen atoms in total. The van der Waals surface area contributed by atoms with E-state index in [9.17, 15) is 0 Å². The second kappa shape index (κ2) is 5.98. The molecule has 100 valence electrons. The van der Waals surface area contributed by atoms with Gasteiger partial charge >= 0.3 is 0 Å². The van der Waals surface area contributed by atoms with Gasteiger partial charge in [0, 0.05) is 17.8 Å². The van der Waals surface area contributed by atoms with Crippen molar-refractivity contribution in [1.29, 1.82) is 0 Å². The molecular weight excluding hydrogens is 226 g/mol. The summed E-state index contributed by atoms with van der Waals surface area (Å²) in [7, 11) is 3.35. The number of aryl methyl sites for hydroxylation is 1. The second-order valence-corrected chi connectivity index (χ2v) is 5.00. The molecule has 1 fully saturated rings. The van der Waals surface area contributed by atoms with Crippen LogP contribution in [0.2, 0.25) is 0 Å². The van der Waals surface area contributed by atoms with Gasteiger partial charge in [-0.1, -0.05) is 19.3 Å². The van der Waals surface area contributed by atoms with Crippen LogP contribution in [-0.2, 0) is 0 Å². The summed E-state index contributed by atoms with van der Waals surface area (Å²) in [4.78, 5) is 0. The molecule has 2 rings (SSSR count). The molecule has 3 heteroatoms. The van der Waals surface area contributed by atoms with Crippen molar-refractivity contribution in [1.82, 2.24) is 0 Å². The van der Waals surface area contributed by atoms with E-state index < -0.39 is 0 Å². The van der Waals surface area contributed by atoms with E-state index in [-0.39, 0.29) is 0 Å². The smallest absolute Gasteiger partial charge is 0.162 e. The lowest BCUT2D eigenvalue weighted by Gasteiger charge is -2.25.